The molecule has 0 bridgehead atoms. The van der Waals surface area contributed by atoms with Gasteiger partial charge in [0.1, 0.15) is 6.54 Å². The average Bonchev–Trinajstić information content (AvgIpc) is 3.42. The number of nitrogens with zero attached hydrogens (tertiary/aromatic N) is 4. The van der Waals surface area contributed by atoms with Crippen LogP contribution in [0.15, 0.2) is 35.7 Å². The Morgan fingerprint density at radius 1 is 1.09 bits per heavy atom. The molecule has 2 aromatic heterocycles. The third-order valence-corrected chi connectivity index (χ3v) is 6.81. The zero-order chi connectivity index (χ0) is 22.7. The normalized spacial score (nSPS) is 14.5. The van der Waals surface area contributed by atoms with Crippen LogP contribution in [0.25, 0.3) is 10.7 Å². The molecule has 168 valence electrons. The molecule has 0 radical (unpaired) electrons. The van der Waals surface area contributed by atoms with E-state index in [1.165, 1.54) is 0 Å². The molecule has 8 nitrogen and oxygen atoms in total. The fourth-order valence-electron chi connectivity index (χ4n) is 3.84. The molecule has 1 fully saturated rings. The van der Waals surface area contributed by atoms with E-state index in [0.717, 1.165) is 21.7 Å². The van der Waals surface area contributed by atoms with Crippen LogP contribution in [0.5, 0.6) is 0 Å². The first kappa shape index (κ1) is 22.4. The first-order valence-corrected chi connectivity index (χ1v) is 11.8. The number of carbonyl (C=O) groups is 2. The summed E-state index contributed by atoms with van der Waals surface area (Å²) < 4.78 is 2.18. The Morgan fingerprint density at radius 3 is 2.47 bits per heavy atom. The molecular formula is C22H26N6O2S2. The Kier molecular flexibility index (Phi) is 6.83. The Bertz CT molecular complexity index is 1140. The summed E-state index contributed by atoms with van der Waals surface area (Å²) in [4.78, 5) is 30.3. The molecule has 4 rings (SSSR count). The molecule has 2 amide bonds. The lowest BCUT2D eigenvalue weighted by Gasteiger charge is -2.34. The van der Waals surface area contributed by atoms with Crippen LogP contribution in [0.1, 0.15) is 11.1 Å². The Balaban J connectivity index is 1.31. The van der Waals surface area contributed by atoms with Crippen LogP contribution >= 0.6 is 23.6 Å². The van der Waals surface area contributed by atoms with E-state index in [9.17, 15) is 9.59 Å². The second kappa shape index (κ2) is 9.76. The van der Waals surface area contributed by atoms with E-state index in [1.807, 2.05) is 54.5 Å². The topological polar surface area (TPSA) is 86.3 Å². The standard InChI is InChI=1S/C22H26N6O2S2/c1-15-5-3-6-16(2)20(15)23-18(29)13-26-8-10-27(11-9-26)19(30)14-28-21(24-25-22(28)31)17-7-4-12-32-17/h3-7,12H,8-11,13-14H2,1-2H3,(H,23,29)(H,25,31). The van der Waals surface area contributed by atoms with Gasteiger partial charge in [0, 0.05) is 31.9 Å². The van der Waals surface area contributed by atoms with Crippen LogP contribution in [0.2, 0.25) is 0 Å². The van der Waals surface area contributed by atoms with Crippen molar-refractivity contribution in [3.8, 4) is 10.7 Å². The van der Waals surface area contributed by atoms with E-state index >= 15 is 0 Å². The van der Waals surface area contributed by atoms with Gasteiger partial charge in [-0.3, -0.25) is 24.2 Å². The van der Waals surface area contributed by atoms with Crippen LogP contribution in [-0.4, -0.2) is 69.1 Å². The summed E-state index contributed by atoms with van der Waals surface area (Å²) in [5.41, 5.74) is 2.98. The lowest BCUT2D eigenvalue weighted by Crippen LogP contribution is -2.51. The van der Waals surface area contributed by atoms with Crippen molar-refractivity contribution >= 4 is 41.1 Å². The van der Waals surface area contributed by atoms with E-state index in [1.54, 1.807) is 15.9 Å². The van der Waals surface area contributed by atoms with Crippen LogP contribution in [0.3, 0.4) is 0 Å². The molecule has 0 aliphatic carbocycles. The minimum atomic E-state index is -0.0348. The maximum Gasteiger partial charge on any atom is 0.242 e. The maximum absolute atomic E-state index is 12.9. The molecule has 0 saturated carbocycles. The quantitative estimate of drug-likeness (QED) is 0.541. The molecule has 10 heteroatoms. The van der Waals surface area contributed by atoms with Gasteiger partial charge in [-0.25, -0.2) is 0 Å². The van der Waals surface area contributed by atoms with Crippen molar-refractivity contribution in [2.75, 3.05) is 38.0 Å². The largest absolute Gasteiger partial charge is 0.339 e. The smallest absolute Gasteiger partial charge is 0.242 e. The Morgan fingerprint density at radius 2 is 1.81 bits per heavy atom. The predicted octanol–water partition coefficient (Wildman–Crippen LogP) is 3.07. The number of anilines is 1. The molecule has 3 aromatic rings. The van der Waals surface area contributed by atoms with E-state index < -0.39 is 0 Å². The Labute approximate surface area is 195 Å². The molecular weight excluding hydrogens is 444 g/mol. The third-order valence-electron chi connectivity index (χ3n) is 5.63. The second-order valence-electron chi connectivity index (χ2n) is 7.89. The van der Waals surface area contributed by atoms with Gasteiger partial charge in [-0.1, -0.05) is 24.3 Å². The average molecular weight is 471 g/mol. The van der Waals surface area contributed by atoms with E-state index in [4.69, 9.17) is 12.2 Å². The molecule has 0 unspecified atom stereocenters. The number of rotatable bonds is 6. The molecule has 0 atom stereocenters. The molecule has 1 saturated heterocycles. The summed E-state index contributed by atoms with van der Waals surface area (Å²) in [6.45, 7) is 6.90. The molecule has 3 heterocycles. The predicted molar refractivity (Wildman–Crippen MR) is 128 cm³/mol. The highest BCUT2D eigenvalue weighted by Gasteiger charge is 2.24. The van der Waals surface area contributed by atoms with Crippen molar-refractivity contribution in [3.05, 3.63) is 51.6 Å². The lowest BCUT2D eigenvalue weighted by molar-refractivity contribution is -0.133. The first-order chi connectivity index (χ1) is 15.4. The Hall–Kier alpha value is -2.82. The summed E-state index contributed by atoms with van der Waals surface area (Å²) in [5.74, 6) is 0.646. The molecule has 1 aromatic carbocycles. The number of hydrogen-bond acceptors (Lipinski definition) is 6. The number of para-hydroxylation sites is 1. The number of hydrogen-bond donors (Lipinski definition) is 2. The number of nitrogens with one attached hydrogen (secondary N) is 2. The molecule has 1 aliphatic rings. The summed E-state index contributed by atoms with van der Waals surface area (Å²) in [5, 5.41) is 12.1. The van der Waals surface area contributed by atoms with Crippen LogP contribution in [0, 0.1) is 18.6 Å². The van der Waals surface area contributed by atoms with Crippen molar-refractivity contribution in [3.63, 3.8) is 0 Å². The number of piperazine rings is 1. The van der Waals surface area contributed by atoms with E-state index in [0.29, 0.717) is 43.3 Å². The van der Waals surface area contributed by atoms with Gasteiger partial charge in [-0.15, -0.1) is 11.3 Å². The number of aryl methyl sites for hydroxylation is 2. The maximum atomic E-state index is 12.9. The van der Waals surface area contributed by atoms with Crippen molar-refractivity contribution < 1.29 is 9.59 Å². The molecule has 2 N–H and O–H groups in total. The summed E-state index contributed by atoms with van der Waals surface area (Å²) >= 11 is 6.89. The van der Waals surface area contributed by atoms with Gasteiger partial charge in [0.05, 0.1) is 11.4 Å². The molecule has 0 spiro atoms. The van der Waals surface area contributed by atoms with Gasteiger partial charge in [-0.05, 0) is 48.6 Å². The third kappa shape index (κ3) is 4.98. The highest BCUT2D eigenvalue weighted by Crippen LogP contribution is 2.23. The summed E-state index contributed by atoms with van der Waals surface area (Å²) in [7, 11) is 0. The highest BCUT2D eigenvalue weighted by atomic mass is 32.1. The first-order valence-electron chi connectivity index (χ1n) is 10.5. The molecule has 32 heavy (non-hydrogen) atoms. The van der Waals surface area contributed by atoms with E-state index in [2.05, 4.69) is 20.4 Å². The number of benzene rings is 1. The monoisotopic (exact) mass is 470 g/mol. The fourth-order valence-corrected chi connectivity index (χ4v) is 4.76. The van der Waals surface area contributed by atoms with Gasteiger partial charge in [-0.2, -0.15) is 5.10 Å². The van der Waals surface area contributed by atoms with Crippen LogP contribution in [0.4, 0.5) is 5.69 Å². The van der Waals surface area contributed by atoms with Crippen molar-refractivity contribution in [2.45, 2.75) is 20.4 Å². The van der Waals surface area contributed by atoms with Gasteiger partial charge < -0.3 is 10.2 Å². The van der Waals surface area contributed by atoms with Gasteiger partial charge in [0.15, 0.2) is 10.6 Å². The minimum absolute atomic E-state index is 0.0000530. The summed E-state index contributed by atoms with van der Waals surface area (Å²) in [6.07, 6.45) is 0. The zero-order valence-corrected chi connectivity index (χ0v) is 19.8. The van der Waals surface area contributed by atoms with Crippen molar-refractivity contribution in [1.29, 1.82) is 0 Å². The number of aromatic nitrogens is 3. The lowest BCUT2D eigenvalue weighted by atomic mass is 10.1. The number of thiophene rings is 1. The molecule has 1 aliphatic heterocycles. The zero-order valence-electron chi connectivity index (χ0n) is 18.1. The van der Waals surface area contributed by atoms with Gasteiger partial charge >= 0.3 is 0 Å². The van der Waals surface area contributed by atoms with Gasteiger partial charge in [0.2, 0.25) is 11.8 Å². The van der Waals surface area contributed by atoms with Gasteiger partial charge in [0.25, 0.3) is 0 Å². The SMILES string of the molecule is Cc1cccc(C)c1NC(=O)CN1CCN(C(=O)Cn2c(-c3cccs3)n[nH]c2=S)CC1. The minimum Gasteiger partial charge on any atom is -0.339 e. The number of carbonyl (C=O) groups excluding carboxylic acids is 2. The van der Waals surface area contributed by atoms with E-state index in [-0.39, 0.29) is 18.4 Å². The van der Waals surface area contributed by atoms with Crippen molar-refractivity contribution in [2.24, 2.45) is 0 Å². The summed E-state index contributed by atoms with van der Waals surface area (Å²) in [6, 6.07) is 9.86. The highest BCUT2D eigenvalue weighted by molar-refractivity contribution is 7.71. The van der Waals surface area contributed by atoms with Crippen LogP contribution < -0.4 is 5.32 Å². The number of aromatic amines is 1. The number of H-pyrrole nitrogens is 1. The second-order valence-corrected chi connectivity index (χ2v) is 9.22. The van der Waals surface area contributed by atoms with Crippen molar-refractivity contribution in [1.82, 2.24) is 24.6 Å². The fraction of sp³-hybridized carbons (Fsp3) is 0.364. The number of amides is 2. The van der Waals surface area contributed by atoms with Crippen LogP contribution in [-0.2, 0) is 16.1 Å².